The zero-order chi connectivity index (χ0) is 21.1. The summed E-state index contributed by atoms with van der Waals surface area (Å²) in [7, 11) is 0. The van der Waals surface area contributed by atoms with Crippen molar-refractivity contribution < 1.29 is 9.59 Å². The van der Waals surface area contributed by atoms with Gasteiger partial charge in [0.15, 0.2) is 0 Å². The van der Waals surface area contributed by atoms with Gasteiger partial charge in [-0.2, -0.15) is 0 Å². The summed E-state index contributed by atoms with van der Waals surface area (Å²) in [6.45, 7) is 4.52. The molecule has 150 valence electrons. The molecule has 0 aromatic heterocycles. The normalized spacial score (nSPS) is 14.0. The summed E-state index contributed by atoms with van der Waals surface area (Å²) in [4.78, 5) is 27.8. The van der Waals surface area contributed by atoms with Gasteiger partial charge >= 0.3 is 0 Å². The highest BCUT2D eigenvalue weighted by molar-refractivity contribution is 6.36. The van der Waals surface area contributed by atoms with Gasteiger partial charge in [-0.25, -0.2) is 0 Å². The van der Waals surface area contributed by atoms with Gasteiger partial charge in [-0.3, -0.25) is 14.5 Å². The molecule has 2 amide bonds. The molecule has 0 saturated carbocycles. The molecule has 0 spiro atoms. The van der Waals surface area contributed by atoms with Crippen LogP contribution < -0.4 is 5.32 Å². The summed E-state index contributed by atoms with van der Waals surface area (Å²) in [5.74, 6) is -0.166. The van der Waals surface area contributed by atoms with Crippen molar-refractivity contribution in [1.82, 2.24) is 4.90 Å². The van der Waals surface area contributed by atoms with E-state index in [1.165, 1.54) is 10.5 Å². The van der Waals surface area contributed by atoms with Crippen LogP contribution in [-0.2, 0) is 16.1 Å². The SMILES string of the molecule is CC(C)c1ccc(NC2=C(c3ccccc3)C(=O)N(Cc3ccccc3)C2=O)cc1. The average molecular weight is 396 g/mol. The Balaban J connectivity index is 1.70. The predicted molar refractivity (Wildman–Crippen MR) is 120 cm³/mol. The van der Waals surface area contributed by atoms with E-state index in [0.29, 0.717) is 17.2 Å². The molecule has 0 unspecified atom stereocenters. The first-order valence-corrected chi connectivity index (χ1v) is 10.1. The number of carbonyl (C=O) groups excluding carboxylic acids is 2. The molecule has 3 aromatic carbocycles. The van der Waals surface area contributed by atoms with Gasteiger partial charge in [-0.15, -0.1) is 0 Å². The molecule has 0 fully saturated rings. The van der Waals surface area contributed by atoms with Gasteiger partial charge in [0.05, 0.1) is 12.1 Å². The molecule has 4 heteroatoms. The summed E-state index contributed by atoms with van der Waals surface area (Å²) in [6.07, 6.45) is 0. The van der Waals surface area contributed by atoms with Gasteiger partial charge < -0.3 is 5.32 Å². The van der Waals surface area contributed by atoms with Crippen LogP contribution in [0.5, 0.6) is 0 Å². The molecule has 0 radical (unpaired) electrons. The molecule has 3 aromatic rings. The third kappa shape index (κ3) is 3.90. The van der Waals surface area contributed by atoms with Crippen LogP contribution in [0.4, 0.5) is 5.69 Å². The van der Waals surface area contributed by atoms with E-state index in [2.05, 4.69) is 19.2 Å². The molecule has 1 heterocycles. The fourth-order valence-corrected chi connectivity index (χ4v) is 3.57. The van der Waals surface area contributed by atoms with E-state index in [0.717, 1.165) is 16.8 Å². The molecule has 4 rings (SSSR count). The Morgan fingerprint density at radius 2 is 1.37 bits per heavy atom. The Labute approximate surface area is 176 Å². The van der Waals surface area contributed by atoms with E-state index in [-0.39, 0.29) is 18.4 Å². The summed E-state index contributed by atoms with van der Waals surface area (Å²) in [6, 6.07) is 26.9. The number of carbonyl (C=O) groups is 2. The summed E-state index contributed by atoms with van der Waals surface area (Å²) in [5, 5.41) is 3.22. The van der Waals surface area contributed by atoms with Crippen molar-refractivity contribution in [3.05, 3.63) is 107 Å². The van der Waals surface area contributed by atoms with E-state index < -0.39 is 0 Å². The standard InChI is InChI=1S/C26H24N2O2/c1-18(2)20-13-15-22(16-14-20)27-24-23(21-11-7-4-8-12-21)25(29)28(26(24)30)17-19-9-5-3-6-10-19/h3-16,18,27H,17H2,1-2H3. The third-order valence-corrected chi connectivity index (χ3v) is 5.26. The van der Waals surface area contributed by atoms with Crippen molar-refractivity contribution >= 4 is 23.1 Å². The summed E-state index contributed by atoms with van der Waals surface area (Å²) >= 11 is 0. The second-order valence-corrected chi connectivity index (χ2v) is 7.70. The van der Waals surface area contributed by atoms with Crippen LogP contribution >= 0.6 is 0 Å². The number of rotatable bonds is 6. The number of amides is 2. The van der Waals surface area contributed by atoms with Crippen LogP contribution in [0.1, 0.15) is 36.5 Å². The molecule has 0 bridgehead atoms. The van der Waals surface area contributed by atoms with Gasteiger partial charge in [0.25, 0.3) is 11.8 Å². The molecule has 1 N–H and O–H groups in total. The van der Waals surface area contributed by atoms with Crippen molar-refractivity contribution in [2.75, 3.05) is 5.32 Å². The van der Waals surface area contributed by atoms with Crippen LogP contribution in [0.2, 0.25) is 0 Å². The quantitative estimate of drug-likeness (QED) is 0.583. The minimum atomic E-state index is -0.310. The van der Waals surface area contributed by atoms with Crippen LogP contribution in [0, 0.1) is 0 Å². The van der Waals surface area contributed by atoms with Gasteiger partial charge in [-0.05, 0) is 34.7 Å². The van der Waals surface area contributed by atoms with Crippen molar-refractivity contribution in [3.8, 4) is 0 Å². The molecule has 0 aliphatic carbocycles. The summed E-state index contributed by atoms with van der Waals surface area (Å²) < 4.78 is 0. The van der Waals surface area contributed by atoms with Crippen molar-refractivity contribution in [3.63, 3.8) is 0 Å². The lowest BCUT2D eigenvalue weighted by Gasteiger charge is -2.15. The first-order valence-electron chi connectivity index (χ1n) is 10.1. The average Bonchev–Trinajstić information content (AvgIpc) is 3.00. The van der Waals surface area contributed by atoms with E-state index in [9.17, 15) is 9.59 Å². The van der Waals surface area contributed by atoms with E-state index in [4.69, 9.17) is 0 Å². The first-order chi connectivity index (χ1) is 14.5. The fourth-order valence-electron chi connectivity index (χ4n) is 3.57. The lowest BCUT2D eigenvalue weighted by molar-refractivity contribution is -0.137. The number of nitrogens with zero attached hydrogens (tertiary/aromatic N) is 1. The lowest BCUT2D eigenvalue weighted by atomic mass is 10.0. The van der Waals surface area contributed by atoms with Gasteiger partial charge in [0.1, 0.15) is 5.70 Å². The minimum absolute atomic E-state index is 0.242. The first kappa shape index (κ1) is 19.6. The Bertz CT molecular complexity index is 1080. The number of nitrogens with one attached hydrogen (secondary N) is 1. The van der Waals surface area contributed by atoms with Gasteiger partial charge in [0.2, 0.25) is 0 Å². The van der Waals surface area contributed by atoms with Crippen LogP contribution in [0.15, 0.2) is 90.6 Å². The monoisotopic (exact) mass is 396 g/mol. The van der Waals surface area contributed by atoms with Crippen LogP contribution in [-0.4, -0.2) is 16.7 Å². The molecule has 30 heavy (non-hydrogen) atoms. The topological polar surface area (TPSA) is 49.4 Å². The number of imide groups is 1. The van der Waals surface area contributed by atoms with E-state index in [1.807, 2.05) is 84.9 Å². The maximum Gasteiger partial charge on any atom is 0.278 e. The zero-order valence-electron chi connectivity index (χ0n) is 17.1. The number of hydrogen-bond acceptors (Lipinski definition) is 3. The highest BCUT2D eigenvalue weighted by Crippen LogP contribution is 2.31. The Morgan fingerprint density at radius 3 is 1.97 bits per heavy atom. The largest absolute Gasteiger partial charge is 0.350 e. The molecular weight excluding hydrogens is 372 g/mol. The smallest absolute Gasteiger partial charge is 0.278 e. The fraction of sp³-hybridized carbons (Fsp3) is 0.154. The summed E-state index contributed by atoms with van der Waals surface area (Å²) in [5.41, 5.74) is 4.37. The highest BCUT2D eigenvalue weighted by atomic mass is 16.2. The Kier molecular flexibility index (Phi) is 5.48. The molecule has 0 atom stereocenters. The molecule has 1 aliphatic heterocycles. The van der Waals surface area contributed by atoms with Crippen LogP contribution in [0.3, 0.4) is 0 Å². The minimum Gasteiger partial charge on any atom is -0.350 e. The lowest BCUT2D eigenvalue weighted by Crippen LogP contribution is -2.31. The van der Waals surface area contributed by atoms with Gasteiger partial charge in [-0.1, -0.05) is 86.6 Å². The number of benzene rings is 3. The Hall–Kier alpha value is -3.66. The maximum atomic E-state index is 13.3. The maximum absolute atomic E-state index is 13.3. The molecule has 0 saturated heterocycles. The van der Waals surface area contributed by atoms with Crippen molar-refractivity contribution in [2.45, 2.75) is 26.3 Å². The number of hydrogen-bond donors (Lipinski definition) is 1. The molecule has 1 aliphatic rings. The molecular formula is C26H24N2O2. The second-order valence-electron chi connectivity index (χ2n) is 7.70. The van der Waals surface area contributed by atoms with Crippen LogP contribution in [0.25, 0.3) is 5.57 Å². The van der Waals surface area contributed by atoms with Crippen molar-refractivity contribution in [1.29, 1.82) is 0 Å². The van der Waals surface area contributed by atoms with Gasteiger partial charge in [0, 0.05) is 5.69 Å². The predicted octanol–water partition coefficient (Wildman–Crippen LogP) is 5.20. The van der Waals surface area contributed by atoms with E-state index in [1.54, 1.807) is 0 Å². The third-order valence-electron chi connectivity index (χ3n) is 5.26. The highest BCUT2D eigenvalue weighted by Gasteiger charge is 2.39. The Morgan fingerprint density at radius 1 is 0.767 bits per heavy atom. The number of anilines is 1. The second kappa shape index (κ2) is 8.37. The van der Waals surface area contributed by atoms with E-state index >= 15 is 0 Å². The zero-order valence-corrected chi connectivity index (χ0v) is 17.1. The molecule has 4 nitrogen and oxygen atoms in total. The van der Waals surface area contributed by atoms with Crippen molar-refractivity contribution in [2.24, 2.45) is 0 Å².